The standard InChI is InChI=1S/C21H26IN5O4S/c1-12(2)24-9-6-10-27-19(25-13(3)28)17(18(23)29)26-21(27)32-16-11-30-20(31-16)14-7-4-5-8-15(14)22/h4-5,7-8,11-12,20,24H,6,9-10H2,1-3H3,(H2,23,29)(H,25,28). The SMILES string of the molecule is CC(=O)Nc1c(C(N)=O)nc(SC2=COC(c3ccccc3I)O2)n1CCCNC(C)C. The van der Waals surface area contributed by atoms with Gasteiger partial charge < -0.3 is 30.4 Å². The number of amides is 2. The van der Waals surface area contributed by atoms with Crippen LogP contribution in [0.1, 0.15) is 49.5 Å². The van der Waals surface area contributed by atoms with Crippen molar-refractivity contribution in [3.8, 4) is 0 Å². The van der Waals surface area contributed by atoms with Crippen molar-refractivity contribution in [2.24, 2.45) is 5.73 Å². The van der Waals surface area contributed by atoms with Crippen molar-refractivity contribution >= 4 is 52.0 Å². The minimum atomic E-state index is -0.719. The third-order valence-electron chi connectivity index (χ3n) is 4.43. The zero-order chi connectivity index (χ0) is 23.3. The molecule has 32 heavy (non-hydrogen) atoms. The number of nitrogens with one attached hydrogen (secondary N) is 2. The zero-order valence-corrected chi connectivity index (χ0v) is 21.0. The quantitative estimate of drug-likeness (QED) is 0.295. The van der Waals surface area contributed by atoms with Gasteiger partial charge in [0.2, 0.25) is 11.0 Å². The van der Waals surface area contributed by atoms with E-state index in [9.17, 15) is 9.59 Å². The zero-order valence-electron chi connectivity index (χ0n) is 18.1. The van der Waals surface area contributed by atoms with Crippen LogP contribution in [0.3, 0.4) is 0 Å². The Hall–Kier alpha value is -2.25. The van der Waals surface area contributed by atoms with E-state index in [2.05, 4.69) is 52.1 Å². The largest absolute Gasteiger partial charge is 0.454 e. The van der Waals surface area contributed by atoms with Crippen LogP contribution in [0.15, 0.2) is 40.8 Å². The van der Waals surface area contributed by atoms with Crippen LogP contribution in [-0.4, -0.2) is 34.0 Å². The molecule has 1 unspecified atom stereocenters. The summed E-state index contributed by atoms with van der Waals surface area (Å²) in [5.41, 5.74) is 6.45. The molecule has 1 aliphatic rings. The van der Waals surface area contributed by atoms with Gasteiger partial charge in [0, 0.05) is 28.6 Å². The molecule has 2 aromatic rings. The Morgan fingerprint density at radius 1 is 1.34 bits per heavy atom. The van der Waals surface area contributed by atoms with Crippen molar-refractivity contribution in [1.29, 1.82) is 0 Å². The number of halogens is 1. The van der Waals surface area contributed by atoms with Gasteiger partial charge in [-0.25, -0.2) is 4.98 Å². The molecule has 0 spiro atoms. The molecule has 0 saturated heterocycles. The number of nitrogens with two attached hydrogens (primary N) is 1. The third-order valence-corrected chi connectivity index (χ3v) is 6.30. The molecule has 0 radical (unpaired) electrons. The summed E-state index contributed by atoms with van der Waals surface area (Å²) in [6.45, 7) is 6.80. The van der Waals surface area contributed by atoms with E-state index in [0.29, 0.717) is 22.8 Å². The van der Waals surface area contributed by atoms with E-state index < -0.39 is 12.2 Å². The molecule has 1 atom stereocenters. The minimum absolute atomic E-state index is 0.00759. The van der Waals surface area contributed by atoms with Crippen molar-refractivity contribution < 1.29 is 19.1 Å². The van der Waals surface area contributed by atoms with E-state index in [1.807, 2.05) is 24.3 Å². The van der Waals surface area contributed by atoms with Crippen molar-refractivity contribution in [2.45, 2.75) is 51.2 Å². The minimum Gasteiger partial charge on any atom is -0.454 e. The van der Waals surface area contributed by atoms with E-state index in [0.717, 1.165) is 22.1 Å². The maximum atomic E-state index is 12.0. The molecule has 4 N–H and O–H groups in total. The second kappa shape index (κ2) is 11.1. The first kappa shape index (κ1) is 24.4. The highest BCUT2D eigenvalue weighted by molar-refractivity contribution is 14.1. The Morgan fingerprint density at radius 3 is 2.75 bits per heavy atom. The summed E-state index contributed by atoms with van der Waals surface area (Å²) >= 11 is 3.44. The van der Waals surface area contributed by atoms with E-state index in [4.69, 9.17) is 15.2 Å². The molecule has 2 heterocycles. The second-order valence-electron chi connectivity index (χ2n) is 7.40. The lowest BCUT2D eigenvalue weighted by Crippen LogP contribution is -2.25. The van der Waals surface area contributed by atoms with Gasteiger partial charge in [-0.3, -0.25) is 9.59 Å². The second-order valence-corrected chi connectivity index (χ2v) is 9.53. The number of benzene rings is 1. The average Bonchev–Trinajstić information content (AvgIpc) is 3.31. The fourth-order valence-electron chi connectivity index (χ4n) is 3.03. The fourth-order valence-corrected chi connectivity index (χ4v) is 4.52. The number of carbonyl (C=O) groups is 2. The highest BCUT2D eigenvalue weighted by Crippen LogP contribution is 2.39. The van der Waals surface area contributed by atoms with Gasteiger partial charge in [0.1, 0.15) is 12.1 Å². The molecule has 3 rings (SSSR count). The predicted molar refractivity (Wildman–Crippen MR) is 131 cm³/mol. The van der Waals surface area contributed by atoms with Gasteiger partial charge in [0.25, 0.3) is 12.2 Å². The number of anilines is 1. The number of aromatic nitrogens is 2. The summed E-state index contributed by atoms with van der Waals surface area (Å²) in [7, 11) is 0. The molecule has 1 aliphatic heterocycles. The van der Waals surface area contributed by atoms with Gasteiger partial charge in [0.15, 0.2) is 10.9 Å². The summed E-state index contributed by atoms with van der Waals surface area (Å²) in [5.74, 6) is -0.751. The number of hydrogen-bond acceptors (Lipinski definition) is 7. The van der Waals surface area contributed by atoms with Crippen LogP contribution < -0.4 is 16.4 Å². The molecular formula is C21H26IN5O4S. The maximum Gasteiger partial charge on any atom is 0.271 e. The van der Waals surface area contributed by atoms with E-state index in [1.165, 1.54) is 24.9 Å². The molecule has 0 fully saturated rings. The van der Waals surface area contributed by atoms with Crippen LogP contribution >= 0.6 is 34.4 Å². The maximum absolute atomic E-state index is 12.0. The number of carbonyl (C=O) groups excluding carboxylic acids is 2. The Balaban J connectivity index is 1.82. The highest BCUT2D eigenvalue weighted by atomic mass is 127. The van der Waals surface area contributed by atoms with Gasteiger partial charge in [-0.05, 0) is 53.4 Å². The molecule has 9 nitrogen and oxygen atoms in total. The van der Waals surface area contributed by atoms with E-state index in [-0.39, 0.29) is 17.4 Å². The number of rotatable bonds is 10. The molecule has 0 aliphatic carbocycles. The summed E-state index contributed by atoms with van der Waals surface area (Å²) in [4.78, 5) is 28.2. The smallest absolute Gasteiger partial charge is 0.271 e. The first-order chi connectivity index (χ1) is 15.3. The number of nitrogens with zero attached hydrogens (tertiary/aromatic N) is 2. The number of thioether (sulfide) groups is 1. The Morgan fingerprint density at radius 2 is 2.09 bits per heavy atom. The number of imidazole rings is 1. The molecule has 2 amide bonds. The normalized spacial score (nSPS) is 15.3. The lowest BCUT2D eigenvalue weighted by molar-refractivity contribution is -0.114. The van der Waals surface area contributed by atoms with Crippen LogP contribution in [0.5, 0.6) is 0 Å². The third kappa shape index (κ3) is 6.17. The Kier molecular flexibility index (Phi) is 8.43. The molecule has 1 aromatic heterocycles. The monoisotopic (exact) mass is 571 g/mol. The highest BCUT2D eigenvalue weighted by Gasteiger charge is 2.28. The molecule has 0 saturated carbocycles. The summed E-state index contributed by atoms with van der Waals surface area (Å²) in [5, 5.41) is 7.02. The van der Waals surface area contributed by atoms with Crippen molar-refractivity contribution in [1.82, 2.24) is 14.9 Å². The first-order valence-corrected chi connectivity index (χ1v) is 12.0. The fraction of sp³-hybridized carbons (Fsp3) is 0.381. The topological polar surface area (TPSA) is 120 Å². The van der Waals surface area contributed by atoms with Gasteiger partial charge in [-0.2, -0.15) is 0 Å². The molecule has 1 aromatic carbocycles. The number of primary amides is 1. The predicted octanol–water partition coefficient (Wildman–Crippen LogP) is 3.57. The van der Waals surface area contributed by atoms with Crippen LogP contribution in [0, 0.1) is 3.57 Å². The van der Waals surface area contributed by atoms with Crippen molar-refractivity contribution in [2.75, 3.05) is 11.9 Å². The van der Waals surface area contributed by atoms with Crippen molar-refractivity contribution in [3.63, 3.8) is 0 Å². The van der Waals surface area contributed by atoms with Gasteiger partial charge in [-0.15, -0.1) is 0 Å². The van der Waals surface area contributed by atoms with E-state index >= 15 is 0 Å². The van der Waals surface area contributed by atoms with Crippen LogP contribution in [0.2, 0.25) is 0 Å². The lowest BCUT2D eigenvalue weighted by atomic mass is 10.2. The van der Waals surface area contributed by atoms with Crippen LogP contribution in [0.25, 0.3) is 0 Å². The first-order valence-electron chi connectivity index (χ1n) is 10.1. The summed E-state index contributed by atoms with van der Waals surface area (Å²) < 4.78 is 14.5. The number of ether oxygens (including phenoxy) is 2. The lowest BCUT2D eigenvalue weighted by Gasteiger charge is -2.15. The number of hydrogen-bond donors (Lipinski definition) is 3. The molecule has 172 valence electrons. The van der Waals surface area contributed by atoms with Gasteiger partial charge in [0.05, 0.1) is 0 Å². The molecule has 11 heteroatoms. The summed E-state index contributed by atoms with van der Waals surface area (Å²) in [6, 6.07) is 8.14. The molecular weight excluding hydrogens is 545 g/mol. The summed E-state index contributed by atoms with van der Waals surface area (Å²) in [6.07, 6.45) is 1.73. The average molecular weight is 571 g/mol. The Bertz CT molecular complexity index is 1020. The van der Waals surface area contributed by atoms with Gasteiger partial charge in [-0.1, -0.05) is 32.0 Å². The van der Waals surface area contributed by atoms with Crippen LogP contribution in [-0.2, 0) is 20.8 Å². The van der Waals surface area contributed by atoms with E-state index in [1.54, 1.807) is 4.57 Å². The Labute approximate surface area is 204 Å². The van der Waals surface area contributed by atoms with Gasteiger partial charge >= 0.3 is 0 Å². The van der Waals surface area contributed by atoms with Crippen LogP contribution in [0.4, 0.5) is 5.82 Å². The molecule has 0 bridgehead atoms. The van der Waals surface area contributed by atoms with Crippen molar-refractivity contribution in [3.05, 3.63) is 50.4 Å².